The molecule has 1 aromatic carbocycles. The summed E-state index contributed by atoms with van der Waals surface area (Å²) in [5.41, 5.74) is 3.48. The molecule has 1 aliphatic rings. The zero-order chi connectivity index (χ0) is 21.8. The van der Waals surface area contributed by atoms with E-state index >= 15 is 0 Å². The highest BCUT2D eigenvalue weighted by Crippen LogP contribution is 2.17. The fourth-order valence-electron chi connectivity index (χ4n) is 3.54. The van der Waals surface area contributed by atoms with Crippen LogP contribution in [-0.4, -0.2) is 64.8 Å². The largest absolute Gasteiger partial charge is 0.456 e. The van der Waals surface area contributed by atoms with Crippen molar-refractivity contribution in [3.8, 4) is 0 Å². The number of aromatic nitrogens is 1. The van der Waals surface area contributed by atoms with Gasteiger partial charge in [0.15, 0.2) is 6.61 Å². The van der Waals surface area contributed by atoms with Gasteiger partial charge in [0, 0.05) is 30.5 Å². The van der Waals surface area contributed by atoms with Crippen LogP contribution in [0.1, 0.15) is 27.3 Å². The molecule has 0 saturated carbocycles. The van der Waals surface area contributed by atoms with Gasteiger partial charge in [0.05, 0.1) is 0 Å². The number of nitrogens with zero attached hydrogens (tertiary/aromatic N) is 3. The molecular formula is C22H25N3O5. The highest BCUT2D eigenvalue weighted by molar-refractivity contribution is 6.04. The summed E-state index contributed by atoms with van der Waals surface area (Å²) in [6.45, 7) is 3.53. The van der Waals surface area contributed by atoms with Crippen molar-refractivity contribution in [2.24, 2.45) is 0 Å². The molecule has 8 heteroatoms. The third-order valence-corrected chi connectivity index (χ3v) is 5.22. The van der Waals surface area contributed by atoms with Crippen molar-refractivity contribution in [1.82, 2.24) is 14.4 Å². The third kappa shape index (κ3) is 4.59. The lowest BCUT2D eigenvalue weighted by atomic mass is 10.1. The number of amides is 3. The van der Waals surface area contributed by atoms with Gasteiger partial charge in [-0.2, -0.15) is 0 Å². The summed E-state index contributed by atoms with van der Waals surface area (Å²) >= 11 is 0. The number of carbonyl (C=O) groups is 4. The topological polar surface area (TPSA) is 88.9 Å². The van der Waals surface area contributed by atoms with Crippen molar-refractivity contribution in [2.45, 2.75) is 26.8 Å². The molecule has 1 fully saturated rings. The molecule has 158 valence electrons. The Hall–Kier alpha value is -3.42. The Morgan fingerprint density at radius 2 is 1.80 bits per heavy atom. The number of esters is 1. The first-order valence-electron chi connectivity index (χ1n) is 9.73. The van der Waals surface area contributed by atoms with Gasteiger partial charge >= 0.3 is 12.0 Å². The molecule has 2 aromatic rings. The zero-order valence-electron chi connectivity index (χ0n) is 17.4. The standard InChI is InChI=1S/C22H25N3O5/c1-15-11-18(16(2)24(15)10-9-17-7-5-4-6-8-17)19(26)14-30-21(28)13-25-20(27)12-23(3)22(25)29/h4-8,11H,9-10,12-14H2,1-3H3. The quantitative estimate of drug-likeness (QED) is 0.376. The predicted molar refractivity (Wildman–Crippen MR) is 109 cm³/mol. The van der Waals surface area contributed by atoms with Crippen LogP contribution in [0.4, 0.5) is 4.79 Å². The van der Waals surface area contributed by atoms with Crippen molar-refractivity contribution in [3.63, 3.8) is 0 Å². The first-order valence-corrected chi connectivity index (χ1v) is 9.73. The normalized spacial score (nSPS) is 13.8. The number of likely N-dealkylation sites (N-methyl/N-ethyl adjacent to an activating group) is 1. The van der Waals surface area contributed by atoms with Crippen molar-refractivity contribution in [2.75, 3.05) is 26.7 Å². The number of hydrogen-bond donors (Lipinski definition) is 0. The second kappa shape index (κ2) is 8.94. The van der Waals surface area contributed by atoms with E-state index in [1.54, 1.807) is 6.07 Å². The monoisotopic (exact) mass is 411 g/mol. The Balaban J connectivity index is 1.57. The maximum absolute atomic E-state index is 12.6. The van der Waals surface area contributed by atoms with E-state index in [0.717, 1.165) is 29.3 Å². The number of urea groups is 1. The molecule has 1 aliphatic heterocycles. The molecule has 3 rings (SSSR count). The second-order valence-corrected chi connectivity index (χ2v) is 7.37. The minimum Gasteiger partial charge on any atom is -0.456 e. The van der Waals surface area contributed by atoms with Crippen LogP contribution in [0.15, 0.2) is 36.4 Å². The summed E-state index contributed by atoms with van der Waals surface area (Å²) < 4.78 is 7.09. The van der Waals surface area contributed by atoms with E-state index in [4.69, 9.17) is 4.74 Å². The van der Waals surface area contributed by atoms with E-state index in [1.165, 1.54) is 17.5 Å². The smallest absolute Gasteiger partial charge is 0.327 e. The van der Waals surface area contributed by atoms with Crippen molar-refractivity contribution in [3.05, 3.63) is 58.9 Å². The van der Waals surface area contributed by atoms with Gasteiger partial charge in [-0.3, -0.25) is 19.3 Å². The van der Waals surface area contributed by atoms with Gasteiger partial charge in [0.2, 0.25) is 5.78 Å². The van der Waals surface area contributed by atoms with Gasteiger partial charge in [-0.1, -0.05) is 30.3 Å². The molecule has 0 aliphatic carbocycles. The number of ether oxygens (including phenoxy) is 1. The van der Waals surface area contributed by atoms with Gasteiger partial charge in [-0.15, -0.1) is 0 Å². The molecule has 30 heavy (non-hydrogen) atoms. The van der Waals surface area contributed by atoms with Crippen molar-refractivity contribution < 1.29 is 23.9 Å². The third-order valence-electron chi connectivity index (χ3n) is 5.22. The van der Waals surface area contributed by atoms with Crippen LogP contribution in [0.3, 0.4) is 0 Å². The van der Waals surface area contributed by atoms with E-state index in [-0.39, 0.29) is 12.3 Å². The first kappa shape index (κ1) is 21.3. The average Bonchev–Trinajstić information content (AvgIpc) is 3.14. The molecule has 0 unspecified atom stereocenters. The number of imide groups is 1. The van der Waals surface area contributed by atoms with Crippen LogP contribution in [0.5, 0.6) is 0 Å². The Labute approximate surface area is 175 Å². The first-order chi connectivity index (χ1) is 14.3. The fraction of sp³-hybridized carbons (Fsp3) is 0.364. The zero-order valence-corrected chi connectivity index (χ0v) is 17.4. The van der Waals surface area contributed by atoms with Crippen LogP contribution in [-0.2, 0) is 27.3 Å². The van der Waals surface area contributed by atoms with Crippen LogP contribution in [0.2, 0.25) is 0 Å². The second-order valence-electron chi connectivity index (χ2n) is 7.37. The van der Waals surface area contributed by atoms with Gasteiger partial charge in [0.1, 0.15) is 13.1 Å². The number of carbonyl (C=O) groups excluding carboxylic acids is 4. The Morgan fingerprint density at radius 3 is 2.43 bits per heavy atom. The van der Waals surface area contributed by atoms with E-state index < -0.39 is 31.1 Å². The van der Waals surface area contributed by atoms with Crippen LogP contribution in [0.25, 0.3) is 0 Å². The van der Waals surface area contributed by atoms with Crippen LogP contribution >= 0.6 is 0 Å². The molecule has 0 N–H and O–H groups in total. The van der Waals surface area contributed by atoms with Gasteiger partial charge in [0.25, 0.3) is 5.91 Å². The molecular weight excluding hydrogens is 386 g/mol. The van der Waals surface area contributed by atoms with Crippen molar-refractivity contribution >= 4 is 23.7 Å². The number of hydrogen-bond acceptors (Lipinski definition) is 5. The molecule has 0 spiro atoms. The van der Waals surface area contributed by atoms with E-state index in [2.05, 4.69) is 16.7 Å². The van der Waals surface area contributed by atoms with E-state index in [0.29, 0.717) is 5.56 Å². The SMILES string of the molecule is Cc1cc(C(=O)COC(=O)CN2C(=O)CN(C)C2=O)c(C)n1CCc1ccccc1. The summed E-state index contributed by atoms with van der Waals surface area (Å²) in [6.07, 6.45) is 0.839. The lowest BCUT2D eigenvalue weighted by Crippen LogP contribution is -2.37. The number of ketones is 1. The molecule has 0 radical (unpaired) electrons. The Bertz CT molecular complexity index is 980. The van der Waals surface area contributed by atoms with Gasteiger partial charge in [-0.25, -0.2) is 4.79 Å². The Kier molecular flexibility index (Phi) is 6.34. The van der Waals surface area contributed by atoms with E-state index in [9.17, 15) is 19.2 Å². The number of benzene rings is 1. The maximum atomic E-state index is 12.6. The molecule has 2 heterocycles. The summed E-state index contributed by atoms with van der Waals surface area (Å²) in [4.78, 5) is 50.2. The highest BCUT2D eigenvalue weighted by atomic mass is 16.5. The van der Waals surface area contributed by atoms with E-state index in [1.807, 2.05) is 32.0 Å². The summed E-state index contributed by atoms with van der Waals surface area (Å²) in [6, 6.07) is 11.3. The summed E-state index contributed by atoms with van der Waals surface area (Å²) in [5, 5.41) is 0. The molecule has 0 atom stereocenters. The molecule has 1 aromatic heterocycles. The van der Waals surface area contributed by atoms with Crippen molar-refractivity contribution in [1.29, 1.82) is 0 Å². The lowest BCUT2D eigenvalue weighted by Gasteiger charge is -2.13. The average molecular weight is 411 g/mol. The predicted octanol–water partition coefficient (Wildman–Crippen LogP) is 1.97. The van der Waals surface area contributed by atoms with Gasteiger partial charge < -0.3 is 14.2 Å². The number of rotatable bonds is 8. The highest BCUT2D eigenvalue weighted by Gasteiger charge is 2.35. The molecule has 1 saturated heterocycles. The minimum absolute atomic E-state index is 0.0694. The lowest BCUT2D eigenvalue weighted by molar-refractivity contribution is -0.145. The molecule has 3 amide bonds. The summed E-state index contributed by atoms with van der Waals surface area (Å²) in [7, 11) is 1.47. The number of Topliss-reactive ketones (excluding diaryl/α,β-unsaturated/α-hetero) is 1. The van der Waals surface area contributed by atoms with Crippen LogP contribution < -0.4 is 0 Å². The summed E-state index contributed by atoms with van der Waals surface area (Å²) in [5.74, 6) is -1.58. The Morgan fingerprint density at radius 1 is 1.10 bits per heavy atom. The molecule has 0 bridgehead atoms. The number of aryl methyl sites for hydroxylation is 2. The van der Waals surface area contributed by atoms with Crippen LogP contribution in [0, 0.1) is 13.8 Å². The van der Waals surface area contributed by atoms with Gasteiger partial charge in [-0.05, 0) is 31.9 Å². The minimum atomic E-state index is -0.793. The fourth-order valence-corrected chi connectivity index (χ4v) is 3.54. The molecule has 8 nitrogen and oxygen atoms in total. The maximum Gasteiger partial charge on any atom is 0.327 e.